The number of aromatic carboxylic acids is 1. The minimum absolute atomic E-state index is 0.0378. The summed E-state index contributed by atoms with van der Waals surface area (Å²) in [5.41, 5.74) is 2.35. The van der Waals surface area contributed by atoms with Crippen LogP contribution in [-0.2, 0) is 11.3 Å². The lowest BCUT2D eigenvalue weighted by atomic mass is 10.1. The van der Waals surface area contributed by atoms with Crippen LogP contribution < -0.4 is 5.32 Å². The highest BCUT2D eigenvalue weighted by molar-refractivity contribution is 7.99. The van der Waals surface area contributed by atoms with Gasteiger partial charge in [-0.05, 0) is 25.1 Å². The summed E-state index contributed by atoms with van der Waals surface area (Å²) in [6.45, 7) is 6.28. The van der Waals surface area contributed by atoms with Crippen LogP contribution in [0.15, 0.2) is 60.3 Å². The molecule has 2 aromatic carbocycles. The van der Waals surface area contributed by atoms with E-state index >= 15 is 0 Å². The number of hydrogen-bond acceptors (Lipinski definition) is 5. The summed E-state index contributed by atoms with van der Waals surface area (Å²) in [4.78, 5) is 23.5. The number of hydrogen-bond donors (Lipinski definition) is 2. The molecule has 30 heavy (non-hydrogen) atoms. The van der Waals surface area contributed by atoms with Gasteiger partial charge in [-0.25, -0.2) is 4.79 Å². The number of allylic oxidation sites excluding steroid dienone is 1. The number of nitrogens with one attached hydrogen (secondary N) is 1. The van der Waals surface area contributed by atoms with E-state index in [2.05, 4.69) is 22.1 Å². The number of halogens is 1. The molecule has 0 bridgehead atoms. The quantitative estimate of drug-likeness (QED) is 0.393. The second kappa shape index (κ2) is 9.60. The summed E-state index contributed by atoms with van der Waals surface area (Å²) in [6, 6.07) is 12.1. The van der Waals surface area contributed by atoms with Gasteiger partial charge < -0.3 is 10.4 Å². The Kier molecular flexibility index (Phi) is 6.91. The van der Waals surface area contributed by atoms with Crippen molar-refractivity contribution in [2.24, 2.45) is 0 Å². The van der Waals surface area contributed by atoms with E-state index in [0.717, 1.165) is 11.1 Å². The van der Waals surface area contributed by atoms with Crippen LogP contribution in [0.5, 0.6) is 0 Å². The molecular formula is C21H19ClN4O3S. The summed E-state index contributed by atoms with van der Waals surface area (Å²) in [7, 11) is 0. The average Bonchev–Trinajstić information content (AvgIpc) is 3.11. The van der Waals surface area contributed by atoms with Gasteiger partial charge in [-0.15, -0.1) is 16.8 Å². The molecular weight excluding hydrogens is 424 g/mol. The number of carbonyl (C=O) groups excluding carboxylic acids is 1. The molecule has 3 rings (SSSR count). The smallest absolute Gasteiger partial charge is 0.335 e. The molecule has 0 saturated carbocycles. The van der Waals surface area contributed by atoms with Gasteiger partial charge >= 0.3 is 5.97 Å². The maximum atomic E-state index is 12.4. The average molecular weight is 443 g/mol. The van der Waals surface area contributed by atoms with Crippen LogP contribution in [0.1, 0.15) is 15.9 Å². The lowest BCUT2D eigenvalue weighted by Crippen LogP contribution is -2.15. The summed E-state index contributed by atoms with van der Waals surface area (Å²) >= 11 is 7.28. The van der Waals surface area contributed by atoms with Crippen molar-refractivity contribution in [2.45, 2.75) is 18.6 Å². The first-order chi connectivity index (χ1) is 14.4. The van der Waals surface area contributed by atoms with Gasteiger partial charge in [-0.3, -0.25) is 9.36 Å². The Hall–Kier alpha value is -3.10. The molecule has 0 aliphatic heterocycles. The van der Waals surface area contributed by atoms with Gasteiger partial charge in [-0.2, -0.15) is 0 Å². The second-order valence-corrected chi connectivity index (χ2v) is 7.76. The van der Waals surface area contributed by atoms with Crippen LogP contribution in [0.3, 0.4) is 0 Å². The molecule has 0 unspecified atom stereocenters. The van der Waals surface area contributed by atoms with Gasteiger partial charge in [0.05, 0.1) is 22.0 Å². The zero-order chi connectivity index (χ0) is 21.7. The molecule has 3 aromatic rings. The number of aromatic nitrogens is 3. The standard InChI is InChI=1S/C21H19ClN4O3S/c1-3-10-26-19(14-6-4-13(2)5-7-14)24-25-21(26)30-12-18(27)23-17-11-15(20(28)29)8-9-16(17)22/h3-9,11H,1,10,12H2,2H3,(H,23,27)(H,28,29). The molecule has 9 heteroatoms. The number of carbonyl (C=O) groups is 2. The molecule has 0 aliphatic rings. The molecule has 0 saturated heterocycles. The van der Waals surface area contributed by atoms with Gasteiger partial charge in [0, 0.05) is 12.1 Å². The molecule has 154 valence electrons. The molecule has 0 fully saturated rings. The van der Waals surface area contributed by atoms with Crippen molar-refractivity contribution in [1.29, 1.82) is 0 Å². The number of benzene rings is 2. The minimum Gasteiger partial charge on any atom is -0.478 e. The second-order valence-electron chi connectivity index (χ2n) is 6.41. The largest absolute Gasteiger partial charge is 0.478 e. The molecule has 1 amide bonds. The fraction of sp³-hybridized carbons (Fsp3) is 0.143. The van der Waals surface area contributed by atoms with E-state index in [1.165, 1.54) is 30.0 Å². The van der Waals surface area contributed by atoms with Gasteiger partial charge in [-0.1, -0.05) is 59.3 Å². The molecule has 0 radical (unpaired) electrons. The van der Waals surface area contributed by atoms with Crippen molar-refractivity contribution in [1.82, 2.24) is 14.8 Å². The van der Waals surface area contributed by atoms with Crippen LogP contribution >= 0.6 is 23.4 Å². The number of amides is 1. The van der Waals surface area contributed by atoms with Crippen molar-refractivity contribution >= 4 is 40.9 Å². The predicted molar refractivity (Wildman–Crippen MR) is 118 cm³/mol. The summed E-state index contributed by atoms with van der Waals surface area (Å²) in [5, 5.41) is 21.0. The zero-order valence-electron chi connectivity index (χ0n) is 16.1. The normalized spacial score (nSPS) is 10.6. The number of anilines is 1. The molecule has 7 nitrogen and oxygen atoms in total. The molecule has 1 aromatic heterocycles. The highest BCUT2D eigenvalue weighted by Gasteiger charge is 2.16. The van der Waals surface area contributed by atoms with Gasteiger partial charge in [0.1, 0.15) is 0 Å². The van der Waals surface area contributed by atoms with E-state index in [0.29, 0.717) is 17.5 Å². The monoisotopic (exact) mass is 442 g/mol. The van der Waals surface area contributed by atoms with Crippen LogP contribution in [-0.4, -0.2) is 37.5 Å². The van der Waals surface area contributed by atoms with Crippen LogP contribution in [0.2, 0.25) is 5.02 Å². The van der Waals surface area contributed by atoms with E-state index in [-0.39, 0.29) is 27.9 Å². The first-order valence-electron chi connectivity index (χ1n) is 8.95. The third-order valence-electron chi connectivity index (χ3n) is 4.16. The highest BCUT2D eigenvalue weighted by Crippen LogP contribution is 2.26. The number of aryl methyl sites for hydroxylation is 1. The summed E-state index contributed by atoms with van der Waals surface area (Å²) < 4.78 is 1.88. The Morgan fingerprint density at radius 1 is 1.23 bits per heavy atom. The van der Waals surface area contributed by atoms with Crippen molar-refractivity contribution in [3.63, 3.8) is 0 Å². The van der Waals surface area contributed by atoms with Crippen molar-refractivity contribution in [2.75, 3.05) is 11.1 Å². The number of thioether (sulfide) groups is 1. The predicted octanol–water partition coefficient (Wildman–Crippen LogP) is 4.52. The Bertz CT molecular complexity index is 1100. The third-order valence-corrected chi connectivity index (χ3v) is 5.45. The van der Waals surface area contributed by atoms with E-state index in [1.807, 2.05) is 35.8 Å². The topological polar surface area (TPSA) is 97.1 Å². The van der Waals surface area contributed by atoms with E-state index in [9.17, 15) is 9.59 Å². The maximum absolute atomic E-state index is 12.4. The van der Waals surface area contributed by atoms with Crippen molar-refractivity contribution in [3.05, 3.63) is 71.3 Å². The highest BCUT2D eigenvalue weighted by atomic mass is 35.5. The minimum atomic E-state index is -1.10. The Labute approximate surface area is 182 Å². The van der Waals surface area contributed by atoms with E-state index in [1.54, 1.807) is 6.08 Å². The number of nitrogens with zero attached hydrogens (tertiary/aromatic N) is 3. The Morgan fingerprint density at radius 3 is 2.63 bits per heavy atom. The first kappa shape index (κ1) is 21.6. The lowest BCUT2D eigenvalue weighted by Gasteiger charge is -2.09. The van der Waals surface area contributed by atoms with Gasteiger partial charge in [0.2, 0.25) is 5.91 Å². The third kappa shape index (κ3) is 5.08. The fourth-order valence-corrected chi connectivity index (χ4v) is 3.59. The summed E-state index contributed by atoms with van der Waals surface area (Å²) in [5.74, 6) is -0.696. The Morgan fingerprint density at radius 2 is 1.97 bits per heavy atom. The molecule has 2 N–H and O–H groups in total. The zero-order valence-corrected chi connectivity index (χ0v) is 17.7. The van der Waals surface area contributed by atoms with Crippen molar-refractivity contribution in [3.8, 4) is 11.4 Å². The van der Waals surface area contributed by atoms with E-state index in [4.69, 9.17) is 16.7 Å². The van der Waals surface area contributed by atoms with Crippen LogP contribution in [0.25, 0.3) is 11.4 Å². The van der Waals surface area contributed by atoms with Gasteiger partial charge in [0.15, 0.2) is 11.0 Å². The molecule has 0 atom stereocenters. The molecule has 0 spiro atoms. The molecule has 1 heterocycles. The lowest BCUT2D eigenvalue weighted by molar-refractivity contribution is -0.113. The summed E-state index contributed by atoms with van der Waals surface area (Å²) in [6.07, 6.45) is 1.74. The first-order valence-corrected chi connectivity index (χ1v) is 10.3. The molecule has 0 aliphatic carbocycles. The maximum Gasteiger partial charge on any atom is 0.335 e. The SMILES string of the molecule is C=CCn1c(SCC(=O)Nc2cc(C(=O)O)ccc2Cl)nnc1-c1ccc(C)cc1. The fourth-order valence-electron chi connectivity index (χ4n) is 2.68. The van der Waals surface area contributed by atoms with E-state index < -0.39 is 5.97 Å². The van der Waals surface area contributed by atoms with Gasteiger partial charge in [0.25, 0.3) is 0 Å². The number of carboxylic acid groups (broad SMARTS) is 1. The van der Waals surface area contributed by atoms with Crippen LogP contribution in [0, 0.1) is 6.92 Å². The number of rotatable bonds is 8. The van der Waals surface area contributed by atoms with Crippen LogP contribution in [0.4, 0.5) is 5.69 Å². The van der Waals surface area contributed by atoms with Crippen molar-refractivity contribution < 1.29 is 14.7 Å². The Balaban J connectivity index is 1.73. The number of carboxylic acids is 1.